The molecule has 0 fully saturated rings. The number of ether oxygens (including phenoxy) is 1. The number of rotatable bonds is 3. The van der Waals surface area contributed by atoms with Gasteiger partial charge in [-0.05, 0) is 24.6 Å². The van der Waals surface area contributed by atoms with Gasteiger partial charge in [0.15, 0.2) is 0 Å². The summed E-state index contributed by atoms with van der Waals surface area (Å²) in [6, 6.07) is 3.37. The van der Waals surface area contributed by atoms with Crippen molar-refractivity contribution >= 4 is 17.6 Å². The lowest BCUT2D eigenvalue weighted by Gasteiger charge is -2.15. The lowest BCUT2D eigenvalue weighted by Crippen LogP contribution is -2.18. The van der Waals surface area contributed by atoms with Gasteiger partial charge in [-0.2, -0.15) is 18.4 Å². The maximum absolute atomic E-state index is 12.9. The molecule has 0 radical (unpaired) electrons. The third-order valence-corrected chi connectivity index (χ3v) is 2.62. The molecule has 7 heteroatoms. The van der Waals surface area contributed by atoms with Crippen LogP contribution in [0.5, 0.6) is 0 Å². The molecule has 0 aliphatic rings. The molecule has 0 amide bonds. The number of carbonyl (C=O) groups is 1. The van der Waals surface area contributed by atoms with Crippen molar-refractivity contribution in [2.75, 3.05) is 6.61 Å². The molecule has 0 saturated carbocycles. The Morgan fingerprint density at radius 1 is 1.47 bits per heavy atom. The molecule has 0 heterocycles. The highest BCUT2D eigenvalue weighted by atomic mass is 35.5. The van der Waals surface area contributed by atoms with Crippen LogP contribution in [0.2, 0.25) is 0 Å². The van der Waals surface area contributed by atoms with Gasteiger partial charge in [-0.3, -0.25) is 0 Å². The number of halogens is 4. The van der Waals surface area contributed by atoms with Gasteiger partial charge in [0.2, 0.25) is 0 Å². The lowest BCUT2D eigenvalue weighted by molar-refractivity contribution is -0.138. The van der Waals surface area contributed by atoms with E-state index >= 15 is 0 Å². The van der Waals surface area contributed by atoms with E-state index < -0.39 is 23.3 Å². The zero-order valence-electron chi connectivity index (χ0n) is 9.84. The molecule has 0 saturated heterocycles. The van der Waals surface area contributed by atoms with E-state index in [1.54, 1.807) is 6.07 Å². The molecule has 102 valence electrons. The lowest BCUT2D eigenvalue weighted by atomic mass is 9.97. The fourth-order valence-electron chi connectivity index (χ4n) is 1.56. The van der Waals surface area contributed by atoms with Gasteiger partial charge in [-0.15, -0.1) is 11.6 Å². The van der Waals surface area contributed by atoms with Crippen LogP contribution >= 0.6 is 11.6 Å². The van der Waals surface area contributed by atoms with Crippen molar-refractivity contribution in [3.05, 3.63) is 34.4 Å². The number of hydrogen-bond acceptors (Lipinski definition) is 3. The fourth-order valence-corrected chi connectivity index (χ4v) is 1.84. The SMILES string of the molecule is CCOC(=O)c1c(C(F)(F)F)ccc(C#N)c1CCl. The number of hydrogen-bond donors (Lipinski definition) is 0. The quantitative estimate of drug-likeness (QED) is 0.632. The highest BCUT2D eigenvalue weighted by Gasteiger charge is 2.37. The second-order valence-corrected chi connectivity index (χ2v) is 3.75. The Kier molecular flexibility index (Phi) is 4.78. The zero-order valence-corrected chi connectivity index (χ0v) is 10.6. The van der Waals surface area contributed by atoms with Gasteiger partial charge in [-0.25, -0.2) is 4.79 Å². The molecular formula is C12H9ClF3NO2. The third-order valence-electron chi connectivity index (χ3n) is 2.35. The van der Waals surface area contributed by atoms with Crippen LogP contribution < -0.4 is 0 Å². The summed E-state index contributed by atoms with van der Waals surface area (Å²) in [5.74, 6) is -1.52. The van der Waals surface area contributed by atoms with Crippen LogP contribution in [-0.4, -0.2) is 12.6 Å². The molecule has 0 aromatic heterocycles. The second kappa shape index (κ2) is 5.93. The highest BCUT2D eigenvalue weighted by molar-refractivity contribution is 6.18. The molecular weight excluding hydrogens is 283 g/mol. The van der Waals surface area contributed by atoms with Gasteiger partial charge in [-0.1, -0.05) is 0 Å². The van der Waals surface area contributed by atoms with Crippen LogP contribution in [0.15, 0.2) is 12.1 Å². The average Bonchev–Trinajstić information content (AvgIpc) is 2.35. The number of esters is 1. The first-order valence-electron chi connectivity index (χ1n) is 5.23. The Bertz CT molecular complexity index is 535. The predicted molar refractivity (Wildman–Crippen MR) is 61.7 cm³/mol. The van der Waals surface area contributed by atoms with Gasteiger partial charge in [0.25, 0.3) is 0 Å². The number of alkyl halides is 4. The van der Waals surface area contributed by atoms with Crippen molar-refractivity contribution in [1.29, 1.82) is 5.26 Å². The number of carbonyl (C=O) groups excluding carboxylic acids is 1. The summed E-state index contributed by atoms with van der Waals surface area (Å²) in [7, 11) is 0. The molecule has 0 aliphatic heterocycles. The van der Waals surface area contributed by atoms with Crippen LogP contribution in [0.25, 0.3) is 0 Å². The standard InChI is InChI=1S/C12H9ClF3NO2/c1-2-19-11(18)10-8(5-13)7(6-17)3-4-9(10)12(14,15)16/h3-4H,2,5H2,1H3. The summed E-state index contributed by atoms with van der Waals surface area (Å²) >= 11 is 5.56. The summed E-state index contributed by atoms with van der Waals surface area (Å²) in [6.45, 7) is 1.40. The van der Waals surface area contributed by atoms with Crippen molar-refractivity contribution in [1.82, 2.24) is 0 Å². The Morgan fingerprint density at radius 2 is 2.11 bits per heavy atom. The number of nitrogens with zero attached hydrogens (tertiary/aromatic N) is 1. The van der Waals surface area contributed by atoms with Crippen LogP contribution in [0, 0.1) is 11.3 Å². The first kappa shape index (κ1) is 15.3. The van der Waals surface area contributed by atoms with Crippen molar-refractivity contribution in [3.8, 4) is 6.07 Å². The molecule has 1 aromatic carbocycles. The van der Waals surface area contributed by atoms with Crippen LogP contribution in [-0.2, 0) is 16.8 Å². The van der Waals surface area contributed by atoms with Crippen LogP contribution in [0.4, 0.5) is 13.2 Å². The first-order chi connectivity index (χ1) is 8.86. The van der Waals surface area contributed by atoms with E-state index in [0.29, 0.717) is 6.07 Å². The van der Waals surface area contributed by atoms with Gasteiger partial charge in [0.05, 0.1) is 29.4 Å². The van der Waals surface area contributed by atoms with Gasteiger partial charge >= 0.3 is 12.1 Å². The van der Waals surface area contributed by atoms with Gasteiger partial charge < -0.3 is 4.74 Å². The summed E-state index contributed by atoms with van der Waals surface area (Å²) in [5.41, 5.74) is -2.09. The smallest absolute Gasteiger partial charge is 0.417 e. The molecule has 3 nitrogen and oxygen atoms in total. The molecule has 0 bridgehead atoms. The molecule has 19 heavy (non-hydrogen) atoms. The van der Waals surface area contributed by atoms with E-state index in [-0.39, 0.29) is 23.6 Å². The average molecular weight is 292 g/mol. The molecule has 1 rings (SSSR count). The maximum atomic E-state index is 12.9. The summed E-state index contributed by atoms with van der Waals surface area (Å²) in [6.07, 6.45) is -4.73. The summed E-state index contributed by atoms with van der Waals surface area (Å²) < 4.78 is 43.2. The second-order valence-electron chi connectivity index (χ2n) is 3.48. The molecule has 0 spiro atoms. The predicted octanol–water partition coefficient (Wildman–Crippen LogP) is 3.49. The van der Waals surface area contributed by atoms with E-state index in [1.165, 1.54) is 6.92 Å². The normalized spacial score (nSPS) is 10.9. The number of benzene rings is 1. The molecule has 0 unspecified atom stereocenters. The van der Waals surface area contributed by atoms with Gasteiger partial charge in [0.1, 0.15) is 0 Å². The molecule has 0 N–H and O–H groups in total. The Labute approximate surface area is 112 Å². The van der Waals surface area contributed by atoms with Crippen molar-refractivity contribution in [2.45, 2.75) is 19.0 Å². The largest absolute Gasteiger partial charge is 0.462 e. The minimum Gasteiger partial charge on any atom is -0.462 e. The van der Waals surface area contributed by atoms with Gasteiger partial charge in [0, 0.05) is 5.88 Å². The van der Waals surface area contributed by atoms with Crippen molar-refractivity contribution < 1.29 is 22.7 Å². The molecule has 1 aromatic rings. The zero-order chi connectivity index (χ0) is 14.6. The fraction of sp³-hybridized carbons (Fsp3) is 0.333. The number of nitriles is 1. The maximum Gasteiger partial charge on any atom is 0.417 e. The van der Waals surface area contributed by atoms with E-state index in [9.17, 15) is 18.0 Å². The van der Waals surface area contributed by atoms with E-state index in [4.69, 9.17) is 16.9 Å². The van der Waals surface area contributed by atoms with Crippen LogP contribution in [0.3, 0.4) is 0 Å². The third kappa shape index (κ3) is 3.18. The van der Waals surface area contributed by atoms with Crippen molar-refractivity contribution in [2.24, 2.45) is 0 Å². The highest BCUT2D eigenvalue weighted by Crippen LogP contribution is 2.35. The summed E-state index contributed by atoms with van der Waals surface area (Å²) in [5, 5.41) is 8.84. The van der Waals surface area contributed by atoms with Crippen LogP contribution in [0.1, 0.15) is 34.0 Å². The Hall–Kier alpha value is -1.74. The first-order valence-corrected chi connectivity index (χ1v) is 5.76. The topological polar surface area (TPSA) is 50.1 Å². The minimum atomic E-state index is -4.73. The Balaban J connectivity index is 3.59. The monoisotopic (exact) mass is 291 g/mol. The van der Waals surface area contributed by atoms with E-state index in [0.717, 1.165) is 6.07 Å². The molecule has 0 aliphatic carbocycles. The summed E-state index contributed by atoms with van der Waals surface area (Å²) in [4.78, 5) is 11.7. The van der Waals surface area contributed by atoms with Crippen molar-refractivity contribution in [3.63, 3.8) is 0 Å². The Morgan fingerprint density at radius 3 is 2.53 bits per heavy atom. The van der Waals surface area contributed by atoms with E-state index in [2.05, 4.69) is 4.74 Å². The minimum absolute atomic E-state index is 0.0748. The molecule has 0 atom stereocenters. The van der Waals surface area contributed by atoms with E-state index in [1.807, 2.05) is 0 Å².